The number of benzene rings is 1. The quantitative estimate of drug-likeness (QED) is 0.741. The minimum Gasteiger partial charge on any atom is -0.330 e. The first kappa shape index (κ1) is 22.6. The number of alkyl halides is 3. The summed E-state index contributed by atoms with van der Waals surface area (Å²) in [4.78, 5) is 30.8. The highest BCUT2D eigenvalue weighted by molar-refractivity contribution is 5.87. The van der Waals surface area contributed by atoms with Crippen LogP contribution in [0.2, 0.25) is 0 Å². The van der Waals surface area contributed by atoms with Crippen molar-refractivity contribution < 1.29 is 22.8 Å². The number of hydrogen-bond donors (Lipinski definition) is 1. The van der Waals surface area contributed by atoms with Crippen molar-refractivity contribution in [1.82, 2.24) is 14.7 Å². The van der Waals surface area contributed by atoms with Gasteiger partial charge >= 0.3 is 6.18 Å². The fourth-order valence-corrected chi connectivity index (χ4v) is 5.24. The molecule has 5 atom stereocenters. The molecule has 3 aliphatic rings. The monoisotopic (exact) mass is 449 g/mol. The highest BCUT2D eigenvalue weighted by atomic mass is 19.4. The van der Waals surface area contributed by atoms with Gasteiger partial charge in [0.25, 0.3) is 0 Å². The van der Waals surface area contributed by atoms with Gasteiger partial charge < -0.3 is 15.5 Å². The van der Waals surface area contributed by atoms with Crippen molar-refractivity contribution in [3.63, 3.8) is 0 Å². The molecular weight excluding hydrogens is 423 g/mol. The van der Waals surface area contributed by atoms with Crippen molar-refractivity contribution in [3.05, 3.63) is 35.4 Å². The van der Waals surface area contributed by atoms with E-state index >= 15 is 0 Å². The topological polar surface area (TPSA) is 93.7 Å². The van der Waals surface area contributed by atoms with Crippen molar-refractivity contribution in [3.8, 4) is 6.07 Å². The van der Waals surface area contributed by atoms with E-state index in [9.17, 15) is 28.0 Å². The van der Waals surface area contributed by atoms with E-state index in [4.69, 9.17) is 5.73 Å². The average molecular weight is 449 g/mol. The summed E-state index contributed by atoms with van der Waals surface area (Å²) < 4.78 is 39.3. The predicted molar refractivity (Wildman–Crippen MR) is 109 cm³/mol. The zero-order valence-corrected chi connectivity index (χ0v) is 17.8. The maximum Gasteiger partial charge on any atom is 0.416 e. The summed E-state index contributed by atoms with van der Waals surface area (Å²) >= 11 is 0. The third-order valence-corrected chi connectivity index (χ3v) is 6.86. The Labute approximate surface area is 184 Å². The van der Waals surface area contributed by atoms with Gasteiger partial charge in [-0.3, -0.25) is 14.5 Å². The second-order valence-corrected chi connectivity index (χ2v) is 8.83. The maximum atomic E-state index is 13.1. The Hall–Kier alpha value is -2.64. The predicted octanol–water partition coefficient (Wildman–Crippen LogP) is 1.89. The number of amides is 2. The number of carbonyl (C=O) groups is 2. The first-order chi connectivity index (χ1) is 15.1. The summed E-state index contributed by atoms with van der Waals surface area (Å²) in [5, 5.41) is 9.20. The van der Waals surface area contributed by atoms with E-state index in [0.717, 1.165) is 18.6 Å². The normalized spacial score (nSPS) is 27.6. The Bertz CT molecular complexity index is 946. The lowest BCUT2D eigenvalue weighted by molar-refractivity contribution is -0.141. The summed E-state index contributed by atoms with van der Waals surface area (Å²) in [5.74, 6) is -0.430. The van der Waals surface area contributed by atoms with Gasteiger partial charge in [0.15, 0.2) is 0 Å². The van der Waals surface area contributed by atoms with Gasteiger partial charge in [-0.05, 0) is 43.9 Å². The minimum atomic E-state index is -4.44. The molecule has 4 unspecified atom stereocenters. The van der Waals surface area contributed by atoms with Crippen molar-refractivity contribution in [2.45, 2.75) is 62.6 Å². The largest absolute Gasteiger partial charge is 0.416 e. The second kappa shape index (κ2) is 8.37. The van der Waals surface area contributed by atoms with E-state index < -0.39 is 35.9 Å². The van der Waals surface area contributed by atoms with E-state index in [2.05, 4.69) is 6.07 Å². The lowest BCUT2D eigenvalue weighted by Crippen LogP contribution is -2.56. The van der Waals surface area contributed by atoms with Crippen LogP contribution in [-0.2, 0) is 15.8 Å². The number of likely N-dealkylation sites (tertiary alicyclic amines) is 3. The molecule has 2 bridgehead atoms. The van der Waals surface area contributed by atoms with Gasteiger partial charge in [0.05, 0.1) is 29.8 Å². The number of carbonyl (C=O) groups excluding carboxylic acids is 2. The van der Waals surface area contributed by atoms with E-state index in [-0.39, 0.29) is 24.4 Å². The molecule has 4 rings (SSSR count). The van der Waals surface area contributed by atoms with Crippen LogP contribution in [0.1, 0.15) is 43.4 Å². The molecule has 2 amide bonds. The van der Waals surface area contributed by atoms with E-state index in [1.54, 1.807) is 17.9 Å². The SMILES string of the molecule is C[C@@H](c1cccc(C(F)(F)F)c1)N1C(=O)C2CC1CN2CC(N)C(=O)N1CCCC1C#N. The van der Waals surface area contributed by atoms with Crippen LogP contribution in [0, 0.1) is 11.3 Å². The zero-order valence-electron chi connectivity index (χ0n) is 17.8. The van der Waals surface area contributed by atoms with Crippen molar-refractivity contribution in [2.75, 3.05) is 19.6 Å². The Kier molecular flexibility index (Phi) is 5.90. The molecule has 0 radical (unpaired) electrons. The molecule has 2 N–H and O–H groups in total. The summed E-state index contributed by atoms with van der Waals surface area (Å²) in [7, 11) is 0. The van der Waals surface area contributed by atoms with Crippen LogP contribution in [0.25, 0.3) is 0 Å². The number of nitrogens with zero attached hydrogens (tertiary/aromatic N) is 4. The standard InChI is InChI=1S/C22H26F3N5O2/c1-13(14-4-2-5-15(8-14)22(23,24)25)30-17-9-19(21(30)32)28(11-17)12-18(27)20(31)29-7-3-6-16(29)10-26/h2,4-5,8,13,16-19H,3,6-7,9,11-12,27H2,1H3/t13-,16?,17?,18?,19?/m0/s1. The molecule has 3 aliphatic heterocycles. The van der Waals surface area contributed by atoms with E-state index in [0.29, 0.717) is 31.5 Å². The number of hydrogen-bond acceptors (Lipinski definition) is 5. The summed E-state index contributed by atoms with van der Waals surface area (Å²) in [6.45, 7) is 2.98. The lowest BCUT2D eigenvalue weighted by atomic mass is 10.0. The molecular formula is C22H26F3N5O2. The Morgan fingerprint density at radius 3 is 2.78 bits per heavy atom. The molecule has 0 aromatic heterocycles. The van der Waals surface area contributed by atoms with E-state index in [1.807, 2.05) is 4.90 Å². The number of rotatable bonds is 5. The Balaban J connectivity index is 1.41. The second-order valence-electron chi connectivity index (χ2n) is 8.83. The smallest absolute Gasteiger partial charge is 0.330 e. The molecule has 1 aromatic rings. The maximum absolute atomic E-state index is 13.1. The number of nitriles is 1. The van der Waals surface area contributed by atoms with Crippen LogP contribution >= 0.6 is 0 Å². The zero-order chi connectivity index (χ0) is 23.2. The van der Waals surface area contributed by atoms with E-state index in [1.165, 1.54) is 11.0 Å². The Morgan fingerprint density at radius 2 is 2.12 bits per heavy atom. The van der Waals surface area contributed by atoms with Gasteiger partial charge in [0.1, 0.15) is 6.04 Å². The molecule has 3 fully saturated rings. The highest BCUT2D eigenvalue weighted by Gasteiger charge is 2.51. The molecule has 32 heavy (non-hydrogen) atoms. The number of halogens is 3. The first-order valence-electron chi connectivity index (χ1n) is 10.8. The van der Waals surface area contributed by atoms with Crippen LogP contribution in [0.5, 0.6) is 0 Å². The van der Waals surface area contributed by atoms with Crippen LogP contribution < -0.4 is 5.73 Å². The molecule has 0 saturated carbocycles. The van der Waals surface area contributed by atoms with Gasteiger partial charge in [-0.2, -0.15) is 18.4 Å². The lowest BCUT2D eigenvalue weighted by Gasteiger charge is -2.38. The van der Waals surface area contributed by atoms with Crippen molar-refractivity contribution in [2.24, 2.45) is 5.73 Å². The average Bonchev–Trinajstić information content (AvgIpc) is 3.46. The van der Waals surface area contributed by atoms with Gasteiger partial charge in [-0.25, -0.2) is 0 Å². The number of piperazine rings is 1. The summed E-state index contributed by atoms with van der Waals surface area (Å²) in [5.41, 5.74) is 5.85. The fraction of sp³-hybridized carbons (Fsp3) is 0.591. The third kappa shape index (κ3) is 3.95. The molecule has 7 nitrogen and oxygen atoms in total. The fourth-order valence-electron chi connectivity index (χ4n) is 5.24. The summed E-state index contributed by atoms with van der Waals surface area (Å²) in [6, 6.07) is 4.87. The van der Waals surface area contributed by atoms with Crippen LogP contribution in [0.4, 0.5) is 13.2 Å². The van der Waals surface area contributed by atoms with Crippen LogP contribution in [0.3, 0.4) is 0 Å². The molecule has 3 saturated heterocycles. The van der Waals surface area contributed by atoms with Crippen molar-refractivity contribution in [1.29, 1.82) is 5.26 Å². The van der Waals surface area contributed by atoms with Crippen molar-refractivity contribution >= 4 is 11.8 Å². The highest BCUT2D eigenvalue weighted by Crippen LogP contribution is 2.39. The molecule has 172 valence electrons. The van der Waals surface area contributed by atoms with Gasteiger partial charge in [-0.15, -0.1) is 0 Å². The number of fused-ring (bicyclic) bond motifs is 2. The molecule has 10 heteroatoms. The molecule has 3 heterocycles. The van der Waals surface area contributed by atoms with Crippen LogP contribution in [-0.4, -0.2) is 70.3 Å². The third-order valence-electron chi connectivity index (χ3n) is 6.86. The van der Waals surface area contributed by atoms with Gasteiger partial charge in [0, 0.05) is 25.7 Å². The molecule has 0 spiro atoms. The minimum absolute atomic E-state index is 0.141. The van der Waals surface area contributed by atoms with Crippen LogP contribution in [0.15, 0.2) is 24.3 Å². The number of nitrogens with two attached hydrogens (primary N) is 1. The Morgan fingerprint density at radius 1 is 1.38 bits per heavy atom. The molecule has 1 aromatic carbocycles. The van der Waals surface area contributed by atoms with Gasteiger partial charge in [-0.1, -0.05) is 12.1 Å². The first-order valence-corrected chi connectivity index (χ1v) is 10.8. The van der Waals surface area contributed by atoms with Gasteiger partial charge in [0.2, 0.25) is 11.8 Å². The molecule has 0 aliphatic carbocycles. The summed E-state index contributed by atoms with van der Waals surface area (Å²) in [6.07, 6.45) is -2.47.